The summed E-state index contributed by atoms with van der Waals surface area (Å²) < 4.78 is 5.85. The molecule has 3 aromatic rings. The third-order valence-corrected chi connectivity index (χ3v) is 5.91. The van der Waals surface area contributed by atoms with Crippen molar-refractivity contribution in [1.29, 1.82) is 10.5 Å². The van der Waals surface area contributed by atoms with Crippen molar-refractivity contribution in [3.63, 3.8) is 0 Å². The minimum Gasteiger partial charge on any atom is -0.439 e. The van der Waals surface area contributed by atoms with Gasteiger partial charge in [-0.2, -0.15) is 10.5 Å². The third kappa shape index (κ3) is 2.21. The zero-order chi connectivity index (χ0) is 22.5. The van der Waals surface area contributed by atoms with E-state index in [-0.39, 0.29) is 29.3 Å². The SMILES string of the molecule is C#CCN1C(=O)[C@]2(C(C#N)=C(N)OC(c3c[nH]c4ccccc34)=C2C#N)c2ccccc21. The summed E-state index contributed by atoms with van der Waals surface area (Å²) in [5.74, 6) is 1.88. The molecular formula is C25H15N5O2. The normalized spacial score (nSPS) is 19.5. The first-order valence-electron chi connectivity index (χ1n) is 9.74. The fourth-order valence-electron chi connectivity index (χ4n) is 4.60. The number of benzene rings is 2. The highest BCUT2D eigenvalue weighted by molar-refractivity contribution is 6.16. The Balaban J connectivity index is 1.91. The van der Waals surface area contributed by atoms with Gasteiger partial charge in [0.15, 0.2) is 11.2 Å². The number of nitrogens with zero attached hydrogens (tertiary/aromatic N) is 3. The number of hydrogen-bond acceptors (Lipinski definition) is 5. The summed E-state index contributed by atoms with van der Waals surface area (Å²) in [6, 6.07) is 18.6. The van der Waals surface area contributed by atoms with Gasteiger partial charge in [0.1, 0.15) is 17.7 Å². The Morgan fingerprint density at radius 2 is 1.81 bits per heavy atom. The fourth-order valence-corrected chi connectivity index (χ4v) is 4.60. The molecule has 3 heterocycles. The number of anilines is 1. The number of nitriles is 2. The van der Waals surface area contributed by atoms with E-state index in [2.05, 4.69) is 17.0 Å². The van der Waals surface area contributed by atoms with Crippen molar-refractivity contribution in [2.45, 2.75) is 5.41 Å². The van der Waals surface area contributed by atoms with Crippen LogP contribution in [0.1, 0.15) is 11.1 Å². The molecule has 1 amide bonds. The lowest BCUT2D eigenvalue weighted by Gasteiger charge is -2.33. The molecule has 3 N–H and O–H groups in total. The summed E-state index contributed by atoms with van der Waals surface area (Å²) in [6.45, 7) is -0.0157. The maximum atomic E-state index is 13.9. The van der Waals surface area contributed by atoms with Crippen LogP contribution in [0.3, 0.4) is 0 Å². The smallest absolute Gasteiger partial charge is 0.249 e. The topological polar surface area (TPSA) is 119 Å². The second-order valence-corrected chi connectivity index (χ2v) is 7.38. The second kappa shape index (κ2) is 6.80. The average molecular weight is 417 g/mol. The van der Waals surface area contributed by atoms with Gasteiger partial charge in [-0.1, -0.05) is 42.3 Å². The van der Waals surface area contributed by atoms with Crippen molar-refractivity contribution >= 4 is 28.3 Å². The summed E-state index contributed by atoms with van der Waals surface area (Å²) in [5.41, 5.74) is 6.72. The van der Waals surface area contributed by atoms with E-state index in [1.807, 2.05) is 30.3 Å². The van der Waals surface area contributed by atoms with Crippen molar-refractivity contribution in [2.24, 2.45) is 5.73 Å². The number of nitrogens with two attached hydrogens (primary N) is 1. The number of aromatic nitrogens is 1. The molecule has 152 valence electrons. The molecule has 0 aliphatic carbocycles. The van der Waals surface area contributed by atoms with E-state index in [0.29, 0.717) is 16.8 Å². The van der Waals surface area contributed by atoms with Gasteiger partial charge < -0.3 is 15.5 Å². The van der Waals surface area contributed by atoms with Crippen molar-refractivity contribution < 1.29 is 9.53 Å². The number of fused-ring (bicyclic) bond motifs is 3. The van der Waals surface area contributed by atoms with Gasteiger partial charge in [-0.25, -0.2) is 0 Å². The molecule has 0 unspecified atom stereocenters. The highest BCUT2D eigenvalue weighted by Crippen LogP contribution is 2.55. The molecule has 0 bridgehead atoms. The molecule has 0 fully saturated rings. The summed E-state index contributed by atoms with van der Waals surface area (Å²) >= 11 is 0. The van der Waals surface area contributed by atoms with Crippen LogP contribution in [0, 0.1) is 35.0 Å². The third-order valence-electron chi connectivity index (χ3n) is 5.91. The van der Waals surface area contributed by atoms with E-state index in [1.54, 1.807) is 30.5 Å². The largest absolute Gasteiger partial charge is 0.439 e. The Kier molecular flexibility index (Phi) is 4.05. The number of H-pyrrole nitrogens is 1. The van der Waals surface area contributed by atoms with Crippen LogP contribution in [0.5, 0.6) is 0 Å². The van der Waals surface area contributed by atoms with E-state index in [1.165, 1.54) is 4.90 Å². The van der Waals surface area contributed by atoms with Crippen LogP contribution in [0.2, 0.25) is 0 Å². The van der Waals surface area contributed by atoms with Gasteiger partial charge in [-0.05, 0) is 12.1 Å². The molecule has 1 spiro atoms. The summed E-state index contributed by atoms with van der Waals surface area (Å²) in [6.07, 6.45) is 7.22. The number of aromatic amines is 1. The number of nitrogens with one attached hydrogen (secondary N) is 1. The number of carbonyl (C=O) groups excluding carboxylic acids is 1. The van der Waals surface area contributed by atoms with Gasteiger partial charge >= 0.3 is 0 Å². The Morgan fingerprint density at radius 1 is 1.09 bits per heavy atom. The lowest BCUT2D eigenvalue weighted by molar-refractivity contribution is -0.120. The maximum Gasteiger partial charge on any atom is 0.249 e. The summed E-state index contributed by atoms with van der Waals surface area (Å²) in [5, 5.41) is 21.2. The van der Waals surface area contributed by atoms with E-state index < -0.39 is 11.3 Å². The van der Waals surface area contributed by atoms with Gasteiger partial charge in [-0.3, -0.25) is 9.69 Å². The fraction of sp³-hybridized carbons (Fsp3) is 0.0800. The number of rotatable bonds is 2. The molecule has 2 aliphatic rings. The number of ether oxygens (including phenoxy) is 1. The monoisotopic (exact) mass is 417 g/mol. The van der Waals surface area contributed by atoms with Crippen LogP contribution in [-0.2, 0) is 14.9 Å². The molecule has 5 rings (SSSR count). The average Bonchev–Trinajstić information content (AvgIpc) is 3.34. The Bertz CT molecular complexity index is 1510. The van der Waals surface area contributed by atoms with Crippen LogP contribution in [-0.4, -0.2) is 17.4 Å². The van der Waals surface area contributed by atoms with Gasteiger partial charge in [0.05, 0.1) is 12.1 Å². The molecule has 2 aliphatic heterocycles. The van der Waals surface area contributed by atoms with E-state index >= 15 is 0 Å². The number of amides is 1. The number of para-hydroxylation sites is 2. The first-order valence-corrected chi connectivity index (χ1v) is 9.74. The van der Waals surface area contributed by atoms with Gasteiger partial charge in [0, 0.05) is 33.9 Å². The zero-order valence-corrected chi connectivity index (χ0v) is 16.7. The molecule has 7 heteroatoms. The maximum absolute atomic E-state index is 13.9. The summed E-state index contributed by atoms with van der Waals surface area (Å²) in [4.78, 5) is 18.5. The van der Waals surface area contributed by atoms with Crippen LogP contribution < -0.4 is 10.6 Å². The predicted octanol–water partition coefficient (Wildman–Crippen LogP) is 3.04. The van der Waals surface area contributed by atoms with Gasteiger partial charge in [0.2, 0.25) is 11.8 Å². The highest BCUT2D eigenvalue weighted by Gasteiger charge is 2.60. The molecular weight excluding hydrogens is 402 g/mol. The van der Waals surface area contributed by atoms with Crippen molar-refractivity contribution in [3.8, 4) is 24.5 Å². The molecule has 0 saturated heterocycles. The second-order valence-electron chi connectivity index (χ2n) is 7.38. The van der Waals surface area contributed by atoms with E-state index in [9.17, 15) is 15.3 Å². The first kappa shape index (κ1) is 19.1. The quantitative estimate of drug-likeness (QED) is 0.621. The Hall–Kier alpha value is -4.93. The Labute approximate surface area is 183 Å². The van der Waals surface area contributed by atoms with Gasteiger partial charge in [0.25, 0.3) is 0 Å². The highest BCUT2D eigenvalue weighted by atomic mass is 16.5. The standard InChI is InChI=1S/C25H15N5O2/c1-2-11-30-21-10-6-4-8-17(21)25(24(30)31)18(12-26)22(32-23(28)19(25)13-27)16-14-29-20-9-5-3-7-15(16)20/h1,3-10,14,29H,11,28H2/t25-/m1/s1. The predicted molar refractivity (Wildman–Crippen MR) is 118 cm³/mol. The van der Waals surface area contributed by atoms with E-state index in [0.717, 1.165) is 10.9 Å². The van der Waals surface area contributed by atoms with Crippen molar-refractivity contribution in [1.82, 2.24) is 4.98 Å². The van der Waals surface area contributed by atoms with Gasteiger partial charge in [-0.15, -0.1) is 6.42 Å². The molecule has 1 atom stereocenters. The number of carbonyl (C=O) groups is 1. The van der Waals surface area contributed by atoms with Crippen LogP contribution >= 0.6 is 0 Å². The number of terminal acetylenes is 1. The van der Waals surface area contributed by atoms with Crippen LogP contribution in [0.25, 0.3) is 16.7 Å². The molecule has 1 aromatic heterocycles. The first-order chi connectivity index (χ1) is 15.6. The molecule has 0 radical (unpaired) electrons. The molecule has 2 aromatic carbocycles. The lowest BCUT2D eigenvalue weighted by atomic mass is 9.68. The van der Waals surface area contributed by atoms with Crippen molar-refractivity contribution in [2.75, 3.05) is 11.4 Å². The minimum atomic E-state index is -1.74. The molecule has 7 nitrogen and oxygen atoms in total. The lowest BCUT2D eigenvalue weighted by Crippen LogP contribution is -2.46. The van der Waals surface area contributed by atoms with Crippen LogP contribution in [0.4, 0.5) is 5.69 Å². The Morgan fingerprint density at radius 3 is 2.56 bits per heavy atom. The molecule has 0 saturated carbocycles. The van der Waals surface area contributed by atoms with Crippen molar-refractivity contribution in [3.05, 3.63) is 82.9 Å². The van der Waals surface area contributed by atoms with E-state index in [4.69, 9.17) is 16.9 Å². The zero-order valence-electron chi connectivity index (χ0n) is 16.7. The summed E-state index contributed by atoms with van der Waals surface area (Å²) in [7, 11) is 0. The minimum absolute atomic E-state index is 0.00928. The molecule has 32 heavy (non-hydrogen) atoms. The van der Waals surface area contributed by atoms with Crippen LogP contribution in [0.15, 0.2) is 71.8 Å². The number of hydrogen-bond donors (Lipinski definition) is 2.